The van der Waals surface area contributed by atoms with Gasteiger partial charge in [0.2, 0.25) is 0 Å². The Balaban J connectivity index is 0.000000274. The third-order valence-corrected chi connectivity index (χ3v) is 13.8. The first kappa shape index (κ1) is 58.8. The van der Waals surface area contributed by atoms with E-state index >= 15 is 0 Å². The second-order valence-electron chi connectivity index (χ2n) is 19.7. The van der Waals surface area contributed by atoms with Crippen molar-refractivity contribution >= 4 is 0 Å². The Morgan fingerprint density at radius 3 is 0.932 bits per heavy atom. The monoisotopic (exact) mass is 1010 g/mol. The van der Waals surface area contributed by atoms with E-state index in [0.29, 0.717) is 25.7 Å². The molecule has 0 aliphatic rings. The van der Waals surface area contributed by atoms with Crippen LogP contribution in [0.5, 0.6) is 34.5 Å². The highest BCUT2D eigenvalue weighted by molar-refractivity contribution is 5.50. The summed E-state index contributed by atoms with van der Waals surface area (Å²) in [5.74, 6) is 0.283. The fraction of sp³-hybridized carbons (Fsp3) is 0.438. The Morgan fingerprint density at radius 2 is 0.581 bits per heavy atom. The number of unbranched alkanes of at least 4 members (excludes halogenated alkanes) is 10. The zero-order chi connectivity index (χ0) is 52.3. The van der Waals surface area contributed by atoms with Crippen molar-refractivity contribution in [1.82, 2.24) is 21.3 Å². The predicted octanol–water partition coefficient (Wildman–Crippen LogP) is 11.8. The molecular weight excluding hydrogens is 921 g/mol. The second kappa shape index (κ2) is 36.0. The standard InChI is InChI=1S/C33H46N2O3.C31H42N2O3/c36-30-15-11-14-28(26-30)16-18-31-29(17-19-32(37)33(31)38)21-25-35-23-10-5-3-1-2-4-9-22-34-24-20-27-12-7-6-8-13-27;34-28-13-9-12-26(24-28)14-16-29-27(15-17-30(35)31(29)36)19-23-33-21-8-3-1-2-7-20-32-22-18-25-10-5-4-6-11-25/h6-8,11-15,17,19,26,34-38H,1-5,9-10,16,18,20-25H2;4-6,9-13,15,17,24,32-36H,1-3,7-8,14,16,18-23H2. The highest BCUT2D eigenvalue weighted by atomic mass is 16.3. The summed E-state index contributed by atoms with van der Waals surface area (Å²) in [6.45, 7) is 8.02. The van der Waals surface area contributed by atoms with E-state index in [2.05, 4.69) is 81.9 Å². The molecule has 10 nitrogen and oxygen atoms in total. The molecule has 6 aromatic rings. The Hall–Kier alpha value is -6.04. The summed E-state index contributed by atoms with van der Waals surface area (Å²) in [5, 5.41) is 74.4. The number of hydrogen-bond donors (Lipinski definition) is 10. The molecule has 0 amide bonds. The number of phenolic OH excluding ortho intramolecular Hbond substituents is 6. The molecule has 0 aromatic heterocycles. The summed E-state index contributed by atoms with van der Waals surface area (Å²) in [5.41, 5.74) is 8.50. The van der Waals surface area contributed by atoms with Gasteiger partial charge in [0, 0.05) is 11.1 Å². The summed E-state index contributed by atoms with van der Waals surface area (Å²) >= 11 is 0. The predicted molar refractivity (Wildman–Crippen MR) is 305 cm³/mol. The normalized spacial score (nSPS) is 11.1. The molecule has 74 heavy (non-hydrogen) atoms. The maximum Gasteiger partial charge on any atom is 0.160 e. The quantitative estimate of drug-likeness (QED) is 0.0135. The van der Waals surface area contributed by atoms with Crippen molar-refractivity contribution in [1.29, 1.82) is 0 Å². The van der Waals surface area contributed by atoms with Gasteiger partial charge in [0.05, 0.1) is 0 Å². The lowest BCUT2D eigenvalue weighted by molar-refractivity contribution is 0.398. The molecule has 0 heterocycles. The van der Waals surface area contributed by atoms with Crippen LogP contribution < -0.4 is 21.3 Å². The number of hydrogen-bond acceptors (Lipinski definition) is 10. The third-order valence-electron chi connectivity index (χ3n) is 13.8. The molecule has 6 aromatic carbocycles. The maximum atomic E-state index is 10.4. The average Bonchev–Trinajstić information content (AvgIpc) is 3.41. The van der Waals surface area contributed by atoms with Crippen molar-refractivity contribution in [3.63, 3.8) is 0 Å². The van der Waals surface area contributed by atoms with Crippen molar-refractivity contribution < 1.29 is 30.6 Å². The van der Waals surface area contributed by atoms with Crippen molar-refractivity contribution in [2.45, 2.75) is 128 Å². The van der Waals surface area contributed by atoms with E-state index in [1.54, 1.807) is 36.4 Å². The topological polar surface area (TPSA) is 169 Å². The summed E-state index contributed by atoms with van der Waals surface area (Å²) < 4.78 is 0. The molecule has 0 atom stereocenters. The summed E-state index contributed by atoms with van der Waals surface area (Å²) in [6.07, 6.45) is 21.6. The number of phenols is 6. The van der Waals surface area contributed by atoms with Gasteiger partial charge in [-0.15, -0.1) is 0 Å². The first-order chi connectivity index (χ1) is 36.3. The Labute approximate surface area is 443 Å². The number of aryl methyl sites for hydroxylation is 2. The maximum absolute atomic E-state index is 10.4. The highest BCUT2D eigenvalue weighted by Gasteiger charge is 2.14. The van der Waals surface area contributed by atoms with Gasteiger partial charge in [-0.3, -0.25) is 0 Å². The van der Waals surface area contributed by atoms with Crippen molar-refractivity contribution in [2.24, 2.45) is 0 Å². The smallest absolute Gasteiger partial charge is 0.160 e. The van der Waals surface area contributed by atoms with E-state index in [4.69, 9.17) is 0 Å². The fourth-order valence-electron chi connectivity index (χ4n) is 9.44. The van der Waals surface area contributed by atoms with E-state index in [1.807, 2.05) is 36.4 Å². The van der Waals surface area contributed by atoms with Crippen LogP contribution in [-0.2, 0) is 51.4 Å². The molecule has 0 unspecified atom stereocenters. The Kier molecular flexibility index (Phi) is 28.6. The largest absolute Gasteiger partial charge is 0.508 e. The number of benzene rings is 6. The first-order valence-electron chi connectivity index (χ1n) is 27.8. The van der Waals surface area contributed by atoms with Gasteiger partial charge in [0.25, 0.3) is 0 Å². The van der Waals surface area contributed by atoms with Crippen LogP contribution in [0, 0.1) is 0 Å². The molecule has 0 bridgehead atoms. The molecule has 10 heteroatoms. The van der Waals surface area contributed by atoms with Crippen LogP contribution in [0.25, 0.3) is 0 Å². The second-order valence-corrected chi connectivity index (χ2v) is 19.7. The Bertz CT molecular complexity index is 2420. The van der Waals surface area contributed by atoms with Crippen LogP contribution >= 0.6 is 0 Å². The van der Waals surface area contributed by atoms with Gasteiger partial charge in [0.1, 0.15) is 11.5 Å². The number of rotatable bonds is 36. The lowest BCUT2D eigenvalue weighted by Crippen LogP contribution is -2.19. The molecule has 0 saturated carbocycles. The van der Waals surface area contributed by atoms with Crippen molar-refractivity contribution in [3.05, 3.63) is 178 Å². The number of aromatic hydroxyl groups is 6. The SMILES string of the molecule is Oc1cccc(CCc2c(CCNCCCCCCCCCNCCc3ccccc3)ccc(O)c2O)c1.Oc1cccc(CCc2c(CCNCCCCCCCNCCc3ccccc3)ccc(O)c2O)c1. The molecule has 10 N–H and O–H groups in total. The van der Waals surface area contributed by atoms with E-state index in [9.17, 15) is 30.6 Å². The molecule has 400 valence electrons. The zero-order valence-electron chi connectivity index (χ0n) is 44.2. The van der Waals surface area contributed by atoms with Crippen LogP contribution in [-0.4, -0.2) is 83.0 Å². The van der Waals surface area contributed by atoms with Gasteiger partial charge in [-0.25, -0.2) is 0 Å². The Morgan fingerprint density at radius 1 is 0.257 bits per heavy atom. The summed E-state index contributed by atoms with van der Waals surface area (Å²) in [7, 11) is 0. The molecule has 0 spiro atoms. The van der Waals surface area contributed by atoms with Crippen LogP contribution in [0.3, 0.4) is 0 Å². The highest BCUT2D eigenvalue weighted by Crippen LogP contribution is 2.34. The molecule has 0 aliphatic carbocycles. The van der Waals surface area contributed by atoms with Crippen LogP contribution in [0.4, 0.5) is 0 Å². The van der Waals surface area contributed by atoms with Crippen LogP contribution in [0.15, 0.2) is 133 Å². The third kappa shape index (κ3) is 23.9. The summed E-state index contributed by atoms with van der Waals surface area (Å²) in [6, 6.07) is 42.6. The zero-order valence-corrected chi connectivity index (χ0v) is 44.2. The average molecular weight is 1010 g/mol. The van der Waals surface area contributed by atoms with Gasteiger partial charge in [-0.1, -0.05) is 148 Å². The fourth-order valence-corrected chi connectivity index (χ4v) is 9.44. The van der Waals surface area contributed by atoms with Gasteiger partial charge < -0.3 is 51.9 Å². The minimum Gasteiger partial charge on any atom is -0.508 e. The molecule has 0 radical (unpaired) electrons. The number of nitrogens with one attached hydrogen (secondary N) is 4. The summed E-state index contributed by atoms with van der Waals surface area (Å²) in [4.78, 5) is 0. The van der Waals surface area contributed by atoms with Crippen molar-refractivity contribution in [3.8, 4) is 34.5 Å². The minimum absolute atomic E-state index is 0.0226. The molecule has 0 aliphatic heterocycles. The molecule has 0 saturated heterocycles. The molecule has 0 fully saturated rings. The van der Waals surface area contributed by atoms with E-state index in [-0.39, 0.29) is 34.5 Å². The molecule has 6 rings (SSSR count). The minimum atomic E-state index is -0.0796. The lowest BCUT2D eigenvalue weighted by Gasteiger charge is -2.14. The van der Waals surface area contributed by atoms with Gasteiger partial charge in [-0.2, -0.15) is 0 Å². The van der Waals surface area contributed by atoms with Crippen LogP contribution in [0.1, 0.15) is 122 Å². The molecular formula is C64H88N4O6. The van der Waals surface area contributed by atoms with Crippen LogP contribution in [0.2, 0.25) is 0 Å². The van der Waals surface area contributed by atoms with Gasteiger partial charge >= 0.3 is 0 Å². The van der Waals surface area contributed by atoms with Crippen molar-refractivity contribution in [2.75, 3.05) is 52.4 Å². The van der Waals surface area contributed by atoms with Gasteiger partial charge in [-0.05, 0) is 199 Å². The lowest BCUT2D eigenvalue weighted by atomic mass is 9.96. The van der Waals surface area contributed by atoms with E-state index in [0.717, 1.165) is 111 Å². The van der Waals surface area contributed by atoms with E-state index < -0.39 is 0 Å². The van der Waals surface area contributed by atoms with E-state index in [1.165, 1.54) is 88.2 Å². The first-order valence-corrected chi connectivity index (χ1v) is 27.8. The van der Waals surface area contributed by atoms with Gasteiger partial charge in [0.15, 0.2) is 23.0 Å².